The van der Waals surface area contributed by atoms with Gasteiger partial charge in [0.05, 0.1) is 29.7 Å². The van der Waals surface area contributed by atoms with Gasteiger partial charge in [0.1, 0.15) is 5.75 Å². The van der Waals surface area contributed by atoms with Gasteiger partial charge in [-0.25, -0.2) is 0 Å². The fourth-order valence-corrected chi connectivity index (χ4v) is 4.23. The number of hydrogen-bond acceptors (Lipinski definition) is 4. The Bertz CT molecular complexity index is 980. The molecule has 0 amide bonds. The molecule has 0 aliphatic carbocycles. The van der Waals surface area contributed by atoms with Crippen molar-refractivity contribution < 1.29 is 8.95 Å². The maximum atomic E-state index is 13.1. The summed E-state index contributed by atoms with van der Waals surface area (Å²) in [6.07, 6.45) is 0. The minimum atomic E-state index is -1.35. The third kappa shape index (κ3) is 4.41. The quantitative estimate of drug-likeness (QED) is 0.638. The maximum Gasteiger partial charge on any atom is 0.163 e. The Kier molecular flexibility index (Phi) is 6.13. The number of aryl methyl sites for hydroxylation is 1. The van der Waals surface area contributed by atoms with Crippen molar-refractivity contribution in [3.63, 3.8) is 0 Å². The molecule has 0 bridgehead atoms. The first kappa shape index (κ1) is 19.7. The van der Waals surface area contributed by atoms with E-state index >= 15 is 0 Å². The summed E-state index contributed by atoms with van der Waals surface area (Å²) in [7, 11) is 0.257. The third-order valence-electron chi connectivity index (χ3n) is 4.54. The van der Waals surface area contributed by atoms with Gasteiger partial charge < -0.3 is 10.1 Å². The second-order valence-electron chi connectivity index (χ2n) is 6.54. The second kappa shape index (κ2) is 8.73. The number of rotatable bonds is 7. The molecule has 0 aliphatic rings. The van der Waals surface area contributed by atoms with Crippen molar-refractivity contribution in [1.29, 1.82) is 5.26 Å². The molecule has 0 saturated heterocycles. The van der Waals surface area contributed by atoms with Crippen LogP contribution in [0.5, 0.6) is 5.75 Å². The lowest BCUT2D eigenvalue weighted by molar-refractivity contribution is 0.415. The Morgan fingerprint density at radius 2 is 1.64 bits per heavy atom. The SMILES string of the molecule is COc1ccc(N[C@@](C#N)(CS(=O)c2ccc(C)cc2)c2ccccc2)cc1. The van der Waals surface area contributed by atoms with Crippen LogP contribution in [0, 0.1) is 18.3 Å². The summed E-state index contributed by atoms with van der Waals surface area (Å²) in [5.74, 6) is 0.860. The summed E-state index contributed by atoms with van der Waals surface area (Å²) >= 11 is 0. The topological polar surface area (TPSA) is 62.1 Å². The number of nitrogens with zero attached hydrogens (tertiary/aromatic N) is 1. The molecule has 28 heavy (non-hydrogen) atoms. The molecule has 4 nitrogen and oxygen atoms in total. The molecule has 142 valence electrons. The Hall–Kier alpha value is -3.10. The van der Waals surface area contributed by atoms with Crippen LogP contribution < -0.4 is 10.1 Å². The van der Waals surface area contributed by atoms with E-state index in [9.17, 15) is 9.47 Å². The van der Waals surface area contributed by atoms with Crippen LogP contribution in [-0.2, 0) is 16.3 Å². The second-order valence-corrected chi connectivity index (χ2v) is 7.99. The summed E-state index contributed by atoms with van der Waals surface area (Å²) < 4.78 is 18.3. The Labute approximate surface area is 168 Å². The van der Waals surface area contributed by atoms with E-state index in [0.29, 0.717) is 4.90 Å². The van der Waals surface area contributed by atoms with Crippen LogP contribution in [0.15, 0.2) is 83.8 Å². The molecule has 0 spiro atoms. The molecule has 0 saturated carbocycles. The van der Waals surface area contributed by atoms with E-state index in [1.54, 1.807) is 7.11 Å². The van der Waals surface area contributed by atoms with E-state index in [0.717, 1.165) is 22.6 Å². The van der Waals surface area contributed by atoms with Crippen LogP contribution in [-0.4, -0.2) is 17.1 Å². The van der Waals surface area contributed by atoms with Gasteiger partial charge in [0.15, 0.2) is 5.54 Å². The zero-order chi connectivity index (χ0) is 20.0. The molecule has 0 heterocycles. The number of nitriles is 1. The smallest absolute Gasteiger partial charge is 0.163 e. The molecular formula is C23H22N2O2S. The monoisotopic (exact) mass is 390 g/mol. The molecule has 5 heteroatoms. The standard InChI is InChI=1S/C23H22N2O2S/c1-18-8-14-22(15-9-18)28(26)17-23(16-24,19-6-4-3-5-7-19)25-20-10-12-21(27-2)13-11-20/h3-15,25H,17H2,1-2H3/t23-,28?/m0/s1. The first-order valence-electron chi connectivity index (χ1n) is 8.90. The summed E-state index contributed by atoms with van der Waals surface area (Å²) in [6.45, 7) is 1.99. The third-order valence-corrected chi connectivity index (χ3v) is 6.03. The molecular weight excluding hydrogens is 368 g/mol. The van der Waals surface area contributed by atoms with E-state index in [4.69, 9.17) is 4.74 Å². The molecule has 3 rings (SSSR count). The first-order valence-corrected chi connectivity index (χ1v) is 10.2. The summed E-state index contributed by atoms with van der Waals surface area (Å²) in [5.41, 5.74) is 1.50. The van der Waals surface area contributed by atoms with Crippen LogP contribution in [0.25, 0.3) is 0 Å². The van der Waals surface area contributed by atoms with Crippen LogP contribution >= 0.6 is 0 Å². The van der Waals surface area contributed by atoms with Gasteiger partial charge in [-0.15, -0.1) is 0 Å². The number of methoxy groups -OCH3 is 1. The molecule has 0 aliphatic heterocycles. The lowest BCUT2D eigenvalue weighted by Crippen LogP contribution is -2.39. The summed E-state index contributed by atoms with van der Waals surface area (Å²) in [5, 5.41) is 13.5. The Morgan fingerprint density at radius 3 is 2.21 bits per heavy atom. The lowest BCUT2D eigenvalue weighted by atomic mass is 9.93. The Balaban J connectivity index is 1.97. The van der Waals surface area contributed by atoms with Crippen molar-refractivity contribution >= 4 is 16.5 Å². The highest BCUT2D eigenvalue weighted by Gasteiger charge is 2.35. The van der Waals surface area contributed by atoms with Gasteiger partial charge in [0, 0.05) is 10.6 Å². The van der Waals surface area contributed by atoms with E-state index in [2.05, 4.69) is 11.4 Å². The number of hydrogen-bond donors (Lipinski definition) is 1. The molecule has 2 atom stereocenters. The molecule has 3 aromatic carbocycles. The number of benzene rings is 3. The minimum absolute atomic E-state index is 0.128. The van der Waals surface area contributed by atoms with Crippen LogP contribution in [0.2, 0.25) is 0 Å². The number of nitrogens with one attached hydrogen (secondary N) is 1. The van der Waals surface area contributed by atoms with Gasteiger partial charge in [-0.05, 0) is 48.9 Å². The van der Waals surface area contributed by atoms with Gasteiger partial charge in [-0.3, -0.25) is 4.21 Å². The molecule has 0 aromatic heterocycles. The normalized spacial score (nSPS) is 13.8. The zero-order valence-corrected chi connectivity index (χ0v) is 16.7. The van der Waals surface area contributed by atoms with Gasteiger partial charge in [-0.1, -0.05) is 48.0 Å². The summed E-state index contributed by atoms with van der Waals surface area (Å²) in [6, 6.07) is 26.7. The fourth-order valence-electron chi connectivity index (χ4n) is 2.93. The van der Waals surface area contributed by atoms with E-state index < -0.39 is 16.3 Å². The maximum absolute atomic E-state index is 13.1. The molecule has 1 unspecified atom stereocenters. The van der Waals surface area contributed by atoms with Crippen molar-refractivity contribution in [1.82, 2.24) is 0 Å². The van der Waals surface area contributed by atoms with Crippen molar-refractivity contribution in [3.05, 3.63) is 90.0 Å². The van der Waals surface area contributed by atoms with Crippen molar-refractivity contribution in [2.45, 2.75) is 17.4 Å². The molecule has 0 radical (unpaired) electrons. The lowest BCUT2D eigenvalue weighted by Gasteiger charge is -2.29. The van der Waals surface area contributed by atoms with E-state index in [-0.39, 0.29) is 5.75 Å². The van der Waals surface area contributed by atoms with Crippen molar-refractivity contribution in [3.8, 4) is 11.8 Å². The predicted octanol–water partition coefficient (Wildman–Crippen LogP) is 4.64. The fraction of sp³-hybridized carbons (Fsp3) is 0.174. The van der Waals surface area contributed by atoms with Crippen molar-refractivity contribution in [2.24, 2.45) is 0 Å². The highest BCUT2D eigenvalue weighted by atomic mass is 32.2. The van der Waals surface area contributed by atoms with Gasteiger partial charge in [0.25, 0.3) is 0 Å². The molecule has 0 fully saturated rings. The van der Waals surface area contributed by atoms with Gasteiger partial charge >= 0.3 is 0 Å². The van der Waals surface area contributed by atoms with Gasteiger partial charge in [0.2, 0.25) is 0 Å². The van der Waals surface area contributed by atoms with Crippen molar-refractivity contribution in [2.75, 3.05) is 18.2 Å². The first-order chi connectivity index (χ1) is 13.6. The highest BCUT2D eigenvalue weighted by molar-refractivity contribution is 7.85. The number of ether oxygens (including phenoxy) is 1. The predicted molar refractivity (Wildman–Crippen MR) is 113 cm³/mol. The van der Waals surface area contributed by atoms with Gasteiger partial charge in [-0.2, -0.15) is 5.26 Å². The van der Waals surface area contributed by atoms with E-state index in [1.807, 2.05) is 85.8 Å². The number of anilines is 1. The largest absolute Gasteiger partial charge is 0.497 e. The Morgan fingerprint density at radius 1 is 1.00 bits per heavy atom. The van der Waals surface area contributed by atoms with Crippen LogP contribution in [0.1, 0.15) is 11.1 Å². The molecule has 1 N–H and O–H groups in total. The molecule has 3 aromatic rings. The van der Waals surface area contributed by atoms with E-state index in [1.165, 1.54) is 0 Å². The summed E-state index contributed by atoms with van der Waals surface area (Å²) in [4.78, 5) is 0.706. The van der Waals surface area contributed by atoms with Crippen LogP contribution in [0.4, 0.5) is 5.69 Å². The highest BCUT2D eigenvalue weighted by Crippen LogP contribution is 2.29. The average Bonchev–Trinajstić information content (AvgIpc) is 2.74. The zero-order valence-electron chi connectivity index (χ0n) is 15.9. The minimum Gasteiger partial charge on any atom is -0.497 e. The van der Waals surface area contributed by atoms with Crippen LogP contribution in [0.3, 0.4) is 0 Å². The average molecular weight is 391 g/mol.